The molecule has 2 aliphatic rings. The number of likely N-dealkylation sites (tertiary alicyclic amines) is 1. The first-order valence-electron chi connectivity index (χ1n) is 14.5. The van der Waals surface area contributed by atoms with Gasteiger partial charge in [-0.2, -0.15) is 5.26 Å². The van der Waals surface area contributed by atoms with E-state index in [0.29, 0.717) is 31.7 Å². The van der Waals surface area contributed by atoms with Crippen LogP contribution >= 0.6 is 0 Å². The van der Waals surface area contributed by atoms with Crippen LogP contribution in [0.3, 0.4) is 0 Å². The normalized spacial score (nSPS) is 16.3. The topological polar surface area (TPSA) is 115 Å². The Labute approximate surface area is 251 Å². The molecule has 222 valence electrons. The molecule has 0 saturated carbocycles. The molecular weight excluding hydrogens is 544 g/mol. The van der Waals surface area contributed by atoms with Crippen LogP contribution in [0.25, 0.3) is 0 Å². The van der Waals surface area contributed by atoms with Gasteiger partial charge in [0.1, 0.15) is 0 Å². The predicted molar refractivity (Wildman–Crippen MR) is 162 cm³/mol. The molecule has 3 aromatic rings. The first-order chi connectivity index (χ1) is 20.9. The second-order valence-electron chi connectivity index (χ2n) is 11.2. The Morgan fingerprint density at radius 1 is 1.07 bits per heavy atom. The summed E-state index contributed by atoms with van der Waals surface area (Å²) in [5.74, 6) is 6.40. The van der Waals surface area contributed by atoms with Gasteiger partial charge in [-0.05, 0) is 35.4 Å². The molecule has 2 saturated heterocycles. The third-order valence-corrected chi connectivity index (χ3v) is 7.69. The van der Waals surface area contributed by atoms with Crippen molar-refractivity contribution in [2.24, 2.45) is 5.92 Å². The Bertz CT molecular complexity index is 1550. The highest BCUT2D eigenvalue weighted by molar-refractivity contribution is 5.70. The van der Waals surface area contributed by atoms with E-state index in [-0.39, 0.29) is 17.6 Å². The minimum Gasteiger partial charge on any atom is -0.402 e. The van der Waals surface area contributed by atoms with Crippen LogP contribution in [0.15, 0.2) is 59.7 Å². The van der Waals surface area contributed by atoms with Crippen molar-refractivity contribution in [2.45, 2.75) is 18.9 Å². The zero-order valence-electron chi connectivity index (χ0n) is 24.6. The quantitative estimate of drug-likeness (QED) is 0.405. The van der Waals surface area contributed by atoms with Gasteiger partial charge in [0.05, 0.1) is 37.2 Å². The minimum absolute atomic E-state index is 0.0287. The van der Waals surface area contributed by atoms with Crippen LogP contribution in [0.2, 0.25) is 0 Å². The zero-order valence-corrected chi connectivity index (χ0v) is 24.6. The summed E-state index contributed by atoms with van der Waals surface area (Å²) in [5, 5.41) is 9.23. The summed E-state index contributed by atoms with van der Waals surface area (Å²) in [5.41, 5.74) is 4.06. The van der Waals surface area contributed by atoms with Crippen LogP contribution < -0.4 is 10.3 Å². The highest BCUT2D eigenvalue weighted by Crippen LogP contribution is 2.28. The van der Waals surface area contributed by atoms with Gasteiger partial charge in [0.2, 0.25) is 5.75 Å². The van der Waals surface area contributed by atoms with E-state index in [4.69, 9.17) is 9.47 Å². The first-order valence-corrected chi connectivity index (χ1v) is 14.5. The highest BCUT2D eigenvalue weighted by atomic mass is 16.6. The summed E-state index contributed by atoms with van der Waals surface area (Å²) in [6.07, 6.45) is 1.06. The van der Waals surface area contributed by atoms with Gasteiger partial charge in [0.25, 0.3) is 5.56 Å². The second-order valence-corrected chi connectivity index (χ2v) is 11.2. The molecule has 1 aromatic heterocycles. The summed E-state index contributed by atoms with van der Waals surface area (Å²) < 4.78 is 10.8. The summed E-state index contributed by atoms with van der Waals surface area (Å²) in [4.78, 5) is 37.5. The smallest absolute Gasteiger partial charge is 0.402 e. The standard InChI is InChI=1S/C33H36N6O4/c1-37(2)33(41)43-31-30(35-23-36-32(31)40)17-29(22-39-20-27(18-34)21-39)28-11-9-25(10-12-28)4-3-24-5-7-26(8-6-24)19-38-13-15-42-16-14-38/h5-12,23,27,29H,13-17,19-22H2,1-2H3,(H,35,36,40)/t29-/m1/s1. The fourth-order valence-corrected chi connectivity index (χ4v) is 5.18. The molecular formula is C33H36N6O4. The number of rotatable bonds is 8. The van der Waals surface area contributed by atoms with E-state index in [0.717, 1.165) is 49.5 Å². The molecule has 10 nitrogen and oxygen atoms in total. The van der Waals surface area contributed by atoms with Crippen molar-refractivity contribution in [3.05, 3.63) is 93.2 Å². The Morgan fingerprint density at radius 2 is 1.72 bits per heavy atom. The molecule has 0 spiro atoms. The number of benzene rings is 2. The van der Waals surface area contributed by atoms with Crippen molar-refractivity contribution in [3.63, 3.8) is 0 Å². The Balaban J connectivity index is 1.30. The van der Waals surface area contributed by atoms with E-state index in [1.165, 1.54) is 16.8 Å². The van der Waals surface area contributed by atoms with Crippen molar-refractivity contribution < 1.29 is 14.3 Å². The second kappa shape index (κ2) is 14.1. The Morgan fingerprint density at radius 3 is 2.35 bits per heavy atom. The summed E-state index contributed by atoms with van der Waals surface area (Å²) in [6.45, 7) is 6.50. The van der Waals surface area contributed by atoms with Gasteiger partial charge >= 0.3 is 6.09 Å². The van der Waals surface area contributed by atoms with Crippen molar-refractivity contribution in [3.8, 4) is 23.7 Å². The number of amides is 1. The molecule has 2 fully saturated rings. The number of H-pyrrole nitrogens is 1. The molecule has 0 aliphatic carbocycles. The van der Waals surface area contributed by atoms with Crippen molar-refractivity contribution in [1.29, 1.82) is 5.26 Å². The molecule has 1 N–H and O–H groups in total. The van der Waals surface area contributed by atoms with Crippen molar-refractivity contribution in [1.82, 2.24) is 24.7 Å². The summed E-state index contributed by atoms with van der Waals surface area (Å²) in [7, 11) is 3.11. The number of hydrogen-bond acceptors (Lipinski definition) is 8. The Kier molecular flexibility index (Phi) is 9.85. The molecule has 0 unspecified atom stereocenters. The fraction of sp³-hybridized carbons (Fsp3) is 0.394. The van der Waals surface area contributed by atoms with E-state index >= 15 is 0 Å². The number of aromatic amines is 1. The molecule has 3 heterocycles. The number of nitrogens with zero attached hydrogens (tertiary/aromatic N) is 5. The van der Waals surface area contributed by atoms with E-state index in [1.807, 2.05) is 24.3 Å². The lowest BCUT2D eigenvalue weighted by atomic mass is 9.90. The average Bonchev–Trinajstić information content (AvgIpc) is 3.00. The third-order valence-electron chi connectivity index (χ3n) is 7.69. The van der Waals surface area contributed by atoms with Gasteiger partial charge in [0, 0.05) is 76.8 Å². The van der Waals surface area contributed by atoms with Gasteiger partial charge in [-0.25, -0.2) is 9.78 Å². The number of nitriles is 1. The maximum Gasteiger partial charge on any atom is 0.414 e. The number of carbonyl (C=O) groups is 1. The van der Waals surface area contributed by atoms with Gasteiger partial charge in [-0.3, -0.25) is 9.69 Å². The molecule has 43 heavy (non-hydrogen) atoms. The number of ether oxygens (including phenoxy) is 2. The van der Waals surface area contributed by atoms with Gasteiger partial charge in [-0.1, -0.05) is 36.1 Å². The number of nitrogens with one attached hydrogen (secondary N) is 1. The lowest BCUT2D eigenvalue weighted by molar-refractivity contribution is 0.0342. The van der Waals surface area contributed by atoms with Crippen molar-refractivity contribution >= 4 is 6.09 Å². The summed E-state index contributed by atoms with van der Waals surface area (Å²) >= 11 is 0. The number of carbonyl (C=O) groups excluding carboxylic acids is 1. The molecule has 0 radical (unpaired) electrons. The highest BCUT2D eigenvalue weighted by Gasteiger charge is 2.30. The maximum absolute atomic E-state index is 12.6. The lowest BCUT2D eigenvalue weighted by Gasteiger charge is -2.37. The van der Waals surface area contributed by atoms with Gasteiger partial charge in [0.15, 0.2) is 0 Å². The first kappa shape index (κ1) is 30.0. The SMILES string of the molecule is CN(C)C(=O)Oc1c(C[C@H](CN2CC(C#N)C2)c2ccc(C#Cc3ccc(CN4CCOCC4)cc3)cc2)nc[nH]c1=O. The van der Waals surface area contributed by atoms with Gasteiger partial charge < -0.3 is 24.3 Å². The minimum atomic E-state index is -0.648. The van der Waals surface area contributed by atoms with Gasteiger partial charge in [-0.15, -0.1) is 0 Å². The molecule has 1 amide bonds. The van der Waals surface area contributed by atoms with Crippen LogP contribution in [0.5, 0.6) is 5.75 Å². The zero-order chi connectivity index (χ0) is 30.2. The van der Waals surface area contributed by atoms with Crippen molar-refractivity contribution in [2.75, 3.05) is 60.0 Å². The summed E-state index contributed by atoms with van der Waals surface area (Å²) in [6, 6.07) is 18.8. The molecule has 5 rings (SSSR count). The molecule has 2 aliphatic heterocycles. The van der Waals surface area contributed by atoms with E-state index in [9.17, 15) is 14.9 Å². The number of morpholine rings is 1. The van der Waals surface area contributed by atoms with Crippen LogP contribution in [0.1, 0.15) is 33.9 Å². The lowest BCUT2D eigenvalue weighted by Crippen LogP contribution is -2.47. The van der Waals surface area contributed by atoms with E-state index < -0.39 is 11.7 Å². The van der Waals surface area contributed by atoms with Crippen LogP contribution in [-0.2, 0) is 17.7 Å². The molecule has 2 aromatic carbocycles. The van der Waals surface area contributed by atoms with E-state index in [1.54, 1.807) is 14.1 Å². The fourth-order valence-electron chi connectivity index (χ4n) is 5.18. The molecule has 10 heteroatoms. The third kappa shape index (κ3) is 8.08. The monoisotopic (exact) mass is 580 g/mol. The van der Waals surface area contributed by atoms with E-state index in [2.05, 4.69) is 61.9 Å². The molecule has 0 bridgehead atoms. The van der Waals surface area contributed by atoms with Crippen LogP contribution in [-0.4, -0.2) is 90.8 Å². The molecule has 1 atom stereocenters. The maximum atomic E-state index is 12.6. The number of hydrogen-bond donors (Lipinski definition) is 1. The Hall–Kier alpha value is -4.48. The average molecular weight is 581 g/mol. The predicted octanol–water partition coefficient (Wildman–Crippen LogP) is 2.84. The largest absolute Gasteiger partial charge is 0.414 e. The number of aromatic nitrogens is 2. The van der Waals surface area contributed by atoms with Crippen LogP contribution in [0, 0.1) is 29.1 Å². The van der Waals surface area contributed by atoms with Crippen LogP contribution in [0.4, 0.5) is 4.79 Å².